The van der Waals surface area contributed by atoms with Crippen molar-refractivity contribution in [2.75, 3.05) is 7.11 Å². The van der Waals surface area contributed by atoms with Crippen molar-refractivity contribution in [1.29, 1.82) is 0 Å². The molecule has 0 amide bonds. The maximum absolute atomic E-state index is 11.9. The second-order valence-electron chi connectivity index (χ2n) is 6.68. The fourth-order valence-electron chi connectivity index (χ4n) is 2.87. The fourth-order valence-corrected chi connectivity index (χ4v) is 3.66. The first-order chi connectivity index (χ1) is 12.0. The Hall–Kier alpha value is -1.98. The third-order valence-corrected chi connectivity index (χ3v) is 5.00. The van der Waals surface area contributed by atoms with Gasteiger partial charge in [0.15, 0.2) is 0 Å². The van der Waals surface area contributed by atoms with E-state index in [9.17, 15) is 4.79 Å². The van der Waals surface area contributed by atoms with Crippen LogP contribution in [0.5, 0.6) is 0 Å². The summed E-state index contributed by atoms with van der Waals surface area (Å²) >= 11 is 1.45. The van der Waals surface area contributed by atoms with E-state index in [1.807, 2.05) is 12.1 Å². The minimum absolute atomic E-state index is 0.230. The molecular formula is C20H23NO3S. The molecule has 25 heavy (non-hydrogen) atoms. The van der Waals surface area contributed by atoms with E-state index in [1.54, 1.807) is 0 Å². The van der Waals surface area contributed by atoms with Crippen LogP contribution in [0.15, 0.2) is 45.7 Å². The molecule has 1 N–H and O–H groups in total. The summed E-state index contributed by atoms with van der Waals surface area (Å²) in [6, 6.07) is 12.0. The van der Waals surface area contributed by atoms with Gasteiger partial charge in [0.25, 0.3) is 0 Å². The molecule has 1 aromatic heterocycles. The van der Waals surface area contributed by atoms with E-state index < -0.39 is 0 Å². The van der Waals surface area contributed by atoms with Gasteiger partial charge in [0.2, 0.25) is 0 Å². The maximum Gasteiger partial charge on any atom is 0.323 e. The number of benzene rings is 2. The molecule has 3 rings (SSSR count). The number of esters is 1. The van der Waals surface area contributed by atoms with Crippen LogP contribution in [0, 0.1) is 12.8 Å². The van der Waals surface area contributed by atoms with E-state index in [0.29, 0.717) is 5.92 Å². The Morgan fingerprint density at radius 3 is 2.68 bits per heavy atom. The molecule has 1 unspecified atom stereocenters. The first kappa shape index (κ1) is 17.8. The molecule has 5 heteroatoms. The van der Waals surface area contributed by atoms with Gasteiger partial charge in [0, 0.05) is 15.7 Å². The normalized spacial score (nSPS) is 12.8. The lowest BCUT2D eigenvalue weighted by Crippen LogP contribution is -2.34. The maximum atomic E-state index is 11.9. The first-order valence-electron chi connectivity index (χ1n) is 8.41. The average Bonchev–Trinajstić information content (AvgIpc) is 2.94. The standard InChI is InChI=1S/C20H23NO3S/c1-12(2)9-17(20(22)23-4)21-25-14-6-8-18-16(11-14)15-7-5-13(3)10-19(15)24-18/h5-8,10-12,17,21H,9H2,1-4H3. The summed E-state index contributed by atoms with van der Waals surface area (Å²) in [5.41, 5.74) is 2.95. The van der Waals surface area contributed by atoms with Crippen LogP contribution >= 0.6 is 11.9 Å². The van der Waals surface area contributed by atoms with Crippen molar-refractivity contribution in [3.05, 3.63) is 42.0 Å². The van der Waals surface area contributed by atoms with E-state index in [2.05, 4.69) is 49.8 Å². The number of methoxy groups -OCH3 is 1. The molecule has 0 radical (unpaired) electrons. The Morgan fingerprint density at radius 1 is 1.16 bits per heavy atom. The molecular weight excluding hydrogens is 334 g/mol. The van der Waals surface area contributed by atoms with Crippen LogP contribution in [0.3, 0.4) is 0 Å². The van der Waals surface area contributed by atoms with Crippen LogP contribution < -0.4 is 4.72 Å². The van der Waals surface area contributed by atoms with Crippen molar-refractivity contribution in [3.8, 4) is 0 Å². The number of carbonyl (C=O) groups is 1. The van der Waals surface area contributed by atoms with Gasteiger partial charge in [0.1, 0.15) is 17.2 Å². The van der Waals surface area contributed by atoms with E-state index in [4.69, 9.17) is 9.15 Å². The minimum atomic E-state index is -0.325. The number of carbonyl (C=O) groups excluding carboxylic acids is 1. The molecule has 2 aromatic carbocycles. The molecule has 0 aliphatic heterocycles. The molecule has 0 saturated heterocycles. The molecule has 0 aliphatic carbocycles. The van der Waals surface area contributed by atoms with Crippen LogP contribution in [0.4, 0.5) is 0 Å². The van der Waals surface area contributed by atoms with E-state index in [0.717, 1.165) is 33.3 Å². The largest absolute Gasteiger partial charge is 0.468 e. The summed E-state index contributed by atoms with van der Waals surface area (Å²) in [6.45, 7) is 6.24. The summed E-state index contributed by atoms with van der Waals surface area (Å²) in [7, 11) is 1.42. The number of rotatable bonds is 6. The third kappa shape index (κ3) is 3.99. The lowest BCUT2D eigenvalue weighted by molar-refractivity contribution is -0.142. The van der Waals surface area contributed by atoms with Crippen LogP contribution in [-0.2, 0) is 9.53 Å². The summed E-state index contributed by atoms with van der Waals surface area (Å²) < 4.78 is 14.1. The third-order valence-electron chi connectivity index (χ3n) is 4.11. The van der Waals surface area contributed by atoms with Gasteiger partial charge in [-0.25, -0.2) is 4.72 Å². The molecule has 0 bridgehead atoms. The predicted octanol–water partition coefficient (Wildman–Crippen LogP) is 5.08. The second kappa shape index (κ2) is 7.50. The van der Waals surface area contributed by atoms with Crippen molar-refractivity contribution in [3.63, 3.8) is 0 Å². The Labute approximate surface area is 152 Å². The fraction of sp³-hybridized carbons (Fsp3) is 0.350. The van der Waals surface area contributed by atoms with Gasteiger partial charge >= 0.3 is 5.97 Å². The number of aryl methyl sites for hydroxylation is 1. The summed E-state index contributed by atoms with van der Waals surface area (Å²) in [4.78, 5) is 13.0. The monoisotopic (exact) mass is 357 g/mol. The predicted molar refractivity (Wildman–Crippen MR) is 103 cm³/mol. The van der Waals surface area contributed by atoms with Crippen LogP contribution in [0.25, 0.3) is 21.9 Å². The minimum Gasteiger partial charge on any atom is -0.468 e. The van der Waals surface area contributed by atoms with E-state index >= 15 is 0 Å². The van der Waals surface area contributed by atoms with Gasteiger partial charge in [-0.3, -0.25) is 4.79 Å². The molecule has 1 heterocycles. The van der Waals surface area contributed by atoms with Crippen LogP contribution in [-0.4, -0.2) is 19.1 Å². The zero-order chi connectivity index (χ0) is 18.0. The Morgan fingerprint density at radius 2 is 1.96 bits per heavy atom. The molecule has 3 aromatic rings. The van der Waals surface area contributed by atoms with Gasteiger partial charge < -0.3 is 9.15 Å². The van der Waals surface area contributed by atoms with Crippen molar-refractivity contribution in [2.24, 2.45) is 5.92 Å². The van der Waals surface area contributed by atoms with Gasteiger partial charge in [-0.1, -0.05) is 26.0 Å². The zero-order valence-corrected chi connectivity index (χ0v) is 15.8. The Bertz CT molecular complexity index is 900. The Kier molecular flexibility index (Phi) is 5.35. The topological polar surface area (TPSA) is 51.5 Å². The highest BCUT2D eigenvalue weighted by Crippen LogP contribution is 2.32. The van der Waals surface area contributed by atoms with Gasteiger partial charge in [-0.15, -0.1) is 0 Å². The van der Waals surface area contributed by atoms with Crippen molar-refractivity contribution >= 4 is 39.9 Å². The molecule has 0 saturated carbocycles. The summed E-state index contributed by atoms with van der Waals surface area (Å²) in [6.07, 6.45) is 0.732. The summed E-state index contributed by atoms with van der Waals surface area (Å²) in [5.74, 6) is 0.173. The SMILES string of the molecule is COC(=O)C(CC(C)C)NSc1ccc2oc3cc(C)ccc3c2c1. The smallest absolute Gasteiger partial charge is 0.323 e. The van der Waals surface area contributed by atoms with Gasteiger partial charge in [-0.2, -0.15) is 0 Å². The highest BCUT2D eigenvalue weighted by molar-refractivity contribution is 7.97. The average molecular weight is 357 g/mol. The number of fused-ring (bicyclic) bond motifs is 3. The Balaban J connectivity index is 1.83. The number of nitrogens with one attached hydrogen (secondary N) is 1. The van der Waals surface area contributed by atoms with Crippen molar-refractivity contribution in [1.82, 2.24) is 4.72 Å². The molecule has 132 valence electrons. The second-order valence-corrected chi connectivity index (χ2v) is 7.60. The van der Waals surface area contributed by atoms with Crippen molar-refractivity contribution in [2.45, 2.75) is 38.1 Å². The van der Waals surface area contributed by atoms with Crippen LogP contribution in [0.1, 0.15) is 25.8 Å². The first-order valence-corrected chi connectivity index (χ1v) is 9.22. The van der Waals surface area contributed by atoms with Crippen molar-refractivity contribution < 1.29 is 13.9 Å². The van der Waals surface area contributed by atoms with Gasteiger partial charge in [0.05, 0.1) is 7.11 Å². The lowest BCUT2D eigenvalue weighted by Gasteiger charge is -2.17. The number of ether oxygens (including phenoxy) is 1. The van der Waals surface area contributed by atoms with Crippen LogP contribution in [0.2, 0.25) is 0 Å². The number of hydrogen-bond donors (Lipinski definition) is 1. The molecule has 0 fully saturated rings. The molecule has 0 aliphatic rings. The van der Waals surface area contributed by atoms with E-state index in [-0.39, 0.29) is 12.0 Å². The number of furan rings is 1. The molecule has 0 spiro atoms. The highest BCUT2D eigenvalue weighted by atomic mass is 32.2. The zero-order valence-electron chi connectivity index (χ0n) is 15.0. The number of hydrogen-bond acceptors (Lipinski definition) is 5. The molecule has 1 atom stereocenters. The summed E-state index contributed by atoms with van der Waals surface area (Å²) in [5, 5.41) is 2.19. The lowest BCUT2D eigenvalue weighted by atomic mass is 10.1. The highest BCUT2D eigenvalue weighted by Gasteiger charge is 2.20. The molecule has 4 nitrogen and oxygen atoms in total. The quantitative estimate of drug-likeness (QED) is 0.492. The van der Waals surface area contributed by atoms with E-state index in [1.165, 1.54) is 24.6 Å². The van der Waals surface area contributed by atoms with Gasteiger partial charge in [-0.05, 0) is 61.0 Å².